The molecule has 1 N–H and O–H groups in total. The SMILES string of the molecule is CCOC(C)(Cc1ccc(OCCN2CCSc3ccccc32)cc1)C(=O)O. The van der Waals surface area contributed by atoms with E-state index in [1.807, 2.05) is 36.0 Å². The average molecular weight is 402 g/mol. The predicted octanol–water partition coefficient (Wildman–Crippen LogP) is 4.10. The third-order valence-electron chi connectivity index (χ3n) is 4.83. The lowest BCUT2D eigenvalue weighted by molar-refractivity contribution is -0.162. The minimum absolute atomic E-state index is 0.318. The first-order valence-corrected chi connectivity index (χ1v) is 10.6. The Kier molecular flexibility index (Phi) is 6.86. The number of nitrogens with zero attached hydrogens (tertiary/aromatic N) is 1. The van der Waals surface area contributed by atoms with Crippen molar-refractivity contribution in [3.8, 4) is 5.75 Å². The van der Waals surface area contributed by atoms with Crippen molar-refractivity contribution in [3.63, 3.8) is 0 Å². The van der Waals surface area contributed by atoms with E-state index in [1.165, 1.54) is 10.6 Å². The second kappa shape index (κ2) is 9.34. The van der Waals surface area contributed by atoms with Gasteiger partial charge in [0.2, 0.25) is 0 Å². The molecule has 0 spiro atoms. The van der Waals surface area contributed by atoms with Gasteiger partial charge in [-0.15, -0.1) is 11.8 Å². The van der Waals surface area contributed by atoms with Crippen LogP contribution in [0.5, 0.6) is 5.75 Å². The highest BCUT2D eigenvalue weighted by atomic mass is 32.2. The molecule has 2 aromatic rings. The Hall–Kier alpha value is -2.18. The van der Waals surface area contributed by atoms with Gasteiger partial charge < -0.3 is 19.5 Å². The summed E-state index contributed by atoms with van der Waals surface area (Å²) >= 11 is 1.90. The smallest absolute Gasteiger partial charge is 0.336 e. The zero-order valence-electron chi connectivity index (χ0n) is 16.4. The molecular weight excluding hydrogens is 374 g/mol. The van der Waals surface area contributed by atoms with Crippen LogP contribution in [0.1, 0.15) is 19.4 Å². The lowest BCUT2D eigenvalue weighted by Crippen LogP contribution is -2.40. The van der Waals surface area contributed by atoms with Gasteiger partial charge in [0.15, 0.2) is 5.60 Å². The Morgan fingerprint density at radius 2 is 1.96 bits per heavy atom. The zero-order chi connectivity index (χ0) is 20.0. The first-order valence-electron chi connectivity index (χ1n) is 9.58. The van der Waals surface area contributed by atoms with Gasteiger partial charge in [-0.3, -0.25) is 0 Å². The number of carboxylic acids is 1. The highest BCUT2D eigenvalue weighted by molar-refractivity contribution is 7.99. The number of carboxylic acid groups (broad SMARTS) is 1. The summed E-state index contributed by atoms with van der Waals surface area (Å²) in [6, 6.07) is 16.1. The fourth-order valence-electron chi connectivity index (χ4n) is 3.33. The van der Waals surface area contributed by atoms with Crippen molar-refractivity contribution in [2.24, 2.45) is 0 Å². The molecule has 0 aromatic heterocycles. The van der Waals surface area contributed by atoms with Crippen LogP contribution in [0.2, 0.25) is 0 Å². The van der Waals surface area contributed by atoms with Crippen LogP contribution in [0.4, 0.5) is 5.69 Å². The van der Waals surface area contributed by atoms with Gasteiger partial charge >= 0.3 is 5.97 Å². The third kappa shape index (κ3) is 5.00. The number of ether oxygens (including phenoxy) is 2. The molecule has 6 heteroatoms. The number of carbonyl (C=O) groups is 1. The van der Waals surface area contributed by atoms with Gasteiger partial charge in [0, 0.05) is 30.2 Å². The van der Waals surface area contributed by atoms with Crippen molar-refractivity contribution in [3.05, 3.63) is 54.1 Å². The summed E-state index contributed by atoms with van der Waals surface area (Å²) in [7, 11) is 0. The van der Waals surface area contributed by atoms with Crippen LogP contribution in [0.15, 0.2) is 53.4 Å². The highest BCUT2D eigenvalue weighted by Gasteiger charge is 2.33. The van der Waals surface area contributed by atoms with E-state index < -0.39 is 11.6 Å². The number of fused-ring (bicyclic) bond motifs is 1. The topological polar surface area (TPSA) is 59.0 Å². The second-order valence-electron chi connectivity index (χ2n) is 6.94. The highest BCUT2D eigenvalue weighted by Crippen LogP contribution is 2.34. The van der Waals surface area contributed by atoms with E-state index in [0.717, 1.165) is 30.2 Å². The van der Waals surface area contributed by atoms with Crippen LogP contribution in [0.25, 0.3) is 0 Å². The Morgan fingerprint density at radius 1 is 1.21 bits per heavy atom. The molecule has 5 nitrogen and oxygen atoms in total. The first kappa shape index (κ1) is 20.6. The maximum atomic E-state index is 11.5. The van der Waals surface area contributed by atoms with Crippen molar-refractivity contribution in [2.75, 3.05) is 37.0 Å². The maximum absolute atomic E-state index is 11.5. The molecule has 3 rings (SSSR count). The van der Waals surface area contributed by atoms with Crippen molar-refractivity contribution in [1.82, 2.24) is 0 Å². The largest absolute Gasteiger partial charge is 0.492 e. The minimum Gasteiger partial charge on any atom is -0.492 e. The summed E-state index contributed by atoms with van der Waals surface area (Å²) in [6.45, 7) is 6.23. The van der Waals surface area contributed by atoms with Gasteiger partial charge in [0.25, 0.3) is 0 Å². The predicted molar refractivity (Wildman–Crippen MR) is 113 cm³/mol. The molecule has 0 saturated heterocycles. The molecule has 0 aliphatic carbocycles. The molecule has 1 aliphatic rings. The molecule has 0 bridgehead atoms. The number of rotatable bonds is 9. The van der Waals surface area contributed by atoms with Crippen LogP contribution in [0.3, 0.4) is 0 Å². The molecule has 150 valence electrons. The van der Waals surface area contributed by atoms with E-state index in [0.29, 0.717) is 19.6 Å². The summed E-state index contributed by atoms with van der Waals surface area (Å²) in [6.07, 6.45) is 0.318. The molecule has 1 unspecified atom stereocenters. The average Bonchev–Trinajstić information content (AvgIpc) is 2.69. The van der Waals surface area contributed by atoms with Crippen LogP contribution < -0.4 is 9.64 Å². The van der Waals surface area contributed by atoms with Crippen LogP contribution in [-0.2, 0) is 16.0 Å². The standard InChI is InChI=1S/C22H27NO4S/c1-3-27-22(2,21(24)25)16-17-8-10-18(11-9-17)26-14-12-23-13-15-28-20-7-5-4-6-19(20)23/h4-11H,3,12-16H2,1-2H3,(H,24,25). The molecule has 2 aromatic carbocycles. The van der Waals surface area contributed by atoms with E-state index in [9.17, 15) is 9.90 Å². The van der Waals surface area contributed by atoms with Crippen LogP contribution in [0, 0.1) is 0 Å². The number of hydrogen-bond donors (Lipinski definition) is 1. The van der Waals surface area contributed by atoms with E-state index in [2.05, 4.69) is 29.2 Å². The van der Waals surface area contributed by atoms with Gasteiger partial charge in [-0.25, -0.2) is 4.79 Å². The fourth-order valence-corrected chi connectivity index (χ4v) is 4.38. The number of anilines is 1. The number of hydrogen-bond acceptors (Lipinski definition) is 5. The van der Waals surface area contributed by atoms with Crippen molar-refractivity contribution in [1.29, 1.82) is 0 Å². The van der Waals surface area contributed by atoms with Crippen LogP contribution >= 0.6 is 11.8 Å². The molecule has 0 fully saturated rings. The van der Waals surface area contributed by atoms with Gasteiger partial charge in [-0.1, -0.05) is 24.3 Å². The van der Waals surface area contributed by atoms with Crippen molar-refractivity contribution >= 4 is 23.4 Å². The quantitative estimate of drug-likeness (QED) is 0.683. The summed E-state index contributed by atoms with van der Waals surface area (Å²) in [4.78, 5) is 15.2. The Balaban J connectivity index is 1.53. The monoisotopic (exact) mass is 401 g/mol. The molecule has 0 radical (unpaired) electrons. The lowest BCUT2D eigenvalue weighted by Gasteiger charge is -2.30. The van der Waals surface area contributed by atoms with Gasteiger partial charge in [0.05, 0.1) is 12.2 Å². The summed E-state index contributed by atoms with van der Waals surface area (Å²) < 4.78 is 11.4. The first-order chi connectivity index (χ1) is 13.5. The Labute approximate surface area is 170 Å². The van der Waals surface area contributed by atoms with Gasteiger partial charge in [-0.2, -0.15) is 0 Å². The Bertz CT molecular complexity index is 795. The molecule has 0 saturated carbocycles. The van der Waals surface area contributed by atoms with E-state index in [4.69, 9.17) is 9.47 Å². The van der Waals surface area contributed by atoms with E-state index in [-0.39, 0.29) is 0 Å². The molecule has 1 atom stereocenters. The van der Waals surface area contributed by atoms with Gasteiger partial charge in [0.1, 0.15) is 12.4 Å². The number of thioether (sulfide) groups is 1. The van der Waals surface area contributed by atoms with Gasteiger partial charge in [-0.05, 0) is 43.7 Å². The maximum Gasteiger partial charge on any atom is 0.336 e. The van der Waals surface area contributed by atoms with E-state index >= 15 is 0 Å². The van der Waals surface area contributed by atoms with Crippen molar-refractivity contribution in [2.45, 2.75) is 30.8 Å². The summed E-state index contributed by atoms with van der Waals surface area (Å²) in [5.41, 5.74) is 0.978. The number of para-hydroxylation sites is 1. The lowest BCUT2D eigenvalue weighted by atomic mass is 9.96. The molecular formula is C22H27NO4S. The molecule has 28 heavy (non-hydrogen) atoms. The summed E-state index contributed by atoms with van der Waals surface area (Å²) in [5.74, 6) is 0.931. The zero-order valence-corrected chi connectivity index (χ0v) is 17.2. The Morgan fingerprint density at radius 3 is 2.68 bits per heavy atom. The third-order valence-corrected chi connectivity index (χ3v) is 5.88. The van der Waals surface area contributed by atoms with Crippen molar-refractivity contribution < 1.29 is 19.4 Å². The molecule has 1 aliphatic heterocycles. The summed E-state index contributed by atoms with van der Waals surface area (Å²) in [5, 5.41) is 9.43. The second-order valence-corrected chi connectivity index (χ2v) is 8.08. The normalized spacial score (nSPS) is 15.6. The number of aliphatic carboxylic acids is 1. The minimum atomic E-state index is -1.21. The van der Waals surface area contributed by atoms with Crippen LogP contribution in [-0.4, -0.2) is 48.7 Å². The number of benzene rings is 2. The molecule has 1 heterocycles. The fraction of sp³-hybridized carbons (Fsp3) is 0.409. The molecule has 0 amide bonds. The van der Waals surface area contributed by atoms with E-state index in [1.54, 1.807) is 13.8 Å².